The highest BCUT2D eigenvalue weighted by atomic mass is 35.5. The van der Waals surface area contributed by atoms with Gasteiger partial charge in [0.15, 0.2) is 0 Å². The highest BCUT2D eigenvalue weighted by Crippen LogP contribution is 2.28. The van der Waals surface area contributed by atoms with Gasteiger partial charge in [0.25, 0.3) is 0 Å². The van der Waals surface area contributed by atoms with E-state index >= 15 is 0 Å². The molecule has 0 aliphatic rings. The third kappa shape index (κ3) is 4.09. The van der Waals surface area contributed by atoms with Crippen LogP contribution in [0.2, 0.25) is 10.0 Å². The molecule has 1 aromatic heterocycles. The number of hydrogen-bond acceptors (Lipinski definition) is 3. The third-order valence-electron chi connectivity index (χ3n) is 3.28. The Balaban J connectivity index is 1.61. The molecule has 0 saturated carbocycles. The zero-order valence-corrected chi connectivity index (χ0v) is 14.4. The van der Waals surface area contributed by atoms with Crippen LogP contribution in [-0.2, 0) is 13.1 Å². The molecule has 6 heteroatoms. The first kappa shape index (κ1) is 16.4. The standard InChI is InChI=1S/C17H13Cl2FN2S/c18-13-6-5-11(7-14(13)19)8-21-10-17-22-9-16(23-17)12-3-1-2-4-15(12)20/h1-7,9,21H,8,10H2. The van der Waals surface area contributed by atoms with Gasteiger partial charge in [-0.3, -0.25) is 0 Å². The van der Waals surface area contributed by atoms with Crippen molar-refractivity contribution in [3.63, 3.8) is 0 Å². The van der Waals surface area contributed by atoms with Gasteiger partial charge >= 0.3 is 0 Å². The van der Waals surface area contributed by atoms with Gasteiger partial charge in [-0.1, -0.05) is 47.5 Å². The predicted octanol–water partition coefficient (Wildman–Crippen LogP) is 5.55. The summed E-state index contributed by atoms with van der Waals surface area (Å²) in [6.07, 6.45) is 1.71. The zero-order chi connectivity index (χ0) is 16.2. The number of nitrogens with zero attached hydrogens (tertiary/aromatic N) is 1. The summed E-state index contributed by atoms with van der Waals surface area (Å²) in [7, 11) is 0. The van der Waals surface area contributed by atoms with Crippen LogP contribution in [0.3, 0.4) is 0 Å². The first-order chi connectivity index (χ1) is 11.1. The lowest BCUT2D eigenvalue weighted by Crippen LogP contribution is -2.12. The predicted molar refractivity (Wildman–Crippen MR) is 94.5 cm³/mol. The Morgan fingerprint density at radius 1 is 1.04 bits per heavy atom. The quantitative estimate of drug-likeness (QED) is 0.640. The van der Waals surface area contributed by atoms with Crippen LogP contribution in [-0.4, -0.2) is 4.98 Å². The molecular formula is C17H13Cl2FN2S. The minimum Gasteiger partial charge on any atom is -0.306 e. The second kappa shape index (κ2) is 7.41. The van der Waals surface area contributed by atoms with Gasteiger partial charge in [-0.15, -0.1) is 11.3 Å². The Kier molecular flexibility index (Phi) is 5.28. The molecule has 0 saturated heterocycles. The lowest BCUT2D eigenvalue weighted by molar-refractivity contribution is 0.631. The SMILES string of the molecule is Fc1ccccc1-c1cnc(CNCc2ccc(Cl)c(Cl)c2)s1. The van der Waals surface area contributed by atoms with Crippen LogP contribution in [0.4, 0.5) is 4.39 Å². The second-order valence-corrected chi connectivity index (χ2v) is 6.88. The van der Waals surface area contributed by atoms with Gasteiger partial charge < -0.3 is 5.32 Å². The fourth-order valence-electron chi connectivity index (χ4n) is 2.14. The average Bonchev–Trinajstić information content (AvgIpc) is 3.00. The number of thiazole rings is 1. The molecule has 3 rings (SSSR count). The van der Waals surface area contributed by atoms with Crippen LogP contribution in [0.15, 0.2) is 48.7 Å². The fourth-order valence-corrected chi connectivity index (χ4v) is 3.38. The van der Waals surface area contributed by atoms with E-state index in [4.69, 9.17) is 23.2 Å². The van der Waals surface area contributed by atoms with Gasteiger partial charge in [0.1, 0.15) is 10.8 Å². The van der Waals surface area contributed by atoms with Gasteiger partial charge in [0.05, 0.1) is 14.9 Å². The largest absolute Gasteiger partial charge is 0.306 e. The van der Waals surface area contributed by atoms with Crippen LogP contribution in [0.25, 0.3) is 10.4 Å². The van der Waals surface area contributed by atoms with E-state index in [2.05, 4.69) is 10.3 Å². The van der Waals surface area contributed by atoms with E-state index in [1.165, 1.54) is 17.4 Å². The van der Waals surface area contributed by atoms with Crippen molar-refractivity contribution < 1.29 is 4.39 Å². The lowest BCUT2D eigenvalue weighted by Gasteiger charge is -2.04. The molecule has 0 fully saturated rings. The van der Waals surface area contributed by atoms with Crippen molar-refractivity contribution in [3.05, 3.63) is 75.1 Å². The Bertz CT molecular complexity index is 820. The van der Waals surface area contributed by atoms with E-state index in [1.807, 2.05) is 18.2 Å². The highest BCUT2D eigenvalue weighted by molar-refractivity contribution is 7.15. The van der Waals surface area contributed by atoms with Crippen LogP contribution >= 0.6 is 34.5 Å². The van der Waals surface area contributed by atoms with Crippen molar-refractivity contribution in [2.45, 2.75) is 13.1 Å². The number of aromatic nitrogens is 1. The molecule has 0 atom stereocenters. The lowest BCUT2D eigenvalue weighted by atomic mass is 10.2. The number of benzene rings is 2. The maximum absolute atomic E-state index is 13.8. The molecule has 0 aliphatic heterocycles. The van der Waals surface area contributed by atoms with Crippen molar-refractivity contribution >= 4 is 34.5 Å². The number of halogens is 3. The first-order valence-electron chi connectivity index (χ1n) is 6.98. The van der Waals surface area contributed by atoms with Crippen molar-refractivity contribution in [3.8, 4) is 10.4 Å². The zero-order valence-electron chi connectivity index (χ0n) is 12.0. The van der Waals surface area contributed by atoms with Gasteiger partial charge in [0, 0.05) is 24.8 Å². The molecule has 1 heterocycles. The van der Waals surface area contributed by atoms with Crippen molar-refractivity contribution in [1.82, 2.24) is 10.3 Å². The van der Waals surface area contributed by atoms with Crippen LogP contribution in [0, 0.1) is 5.82 Å². The molecule has 0 unspecified atom stereocenters. The Morgan fingerprint density at radius 3 is 2.65 bits per heavy atom. The molecule has 118 valence electrons. The number of rotatable bonds is 5. The summed E-state index contributed by atoms with van der Waals surface area (Å²) in [5.41, 5.74) is 1.63. The molecule has 3 aromatic rings. The van der Waals surface area contributed by atoms with E-state index in [0.29, 0.717) is 28.7 Å². The Morgan fingerprint density at radius 2 is 1.87 bits per heavy atom. The Hall–Kier alpha value is -1.46. The summed E-state index contributed by atoms with van der Waals surface area (Å²) >= 11 is 13.4. The smallest absolute Gasteiger partial charge is 0.131 e. The maximum atomic E-state index is 13.8. The van der Waals surface area contributed by atoms with Gasteiger partial charge in [0.2, 0.25) is 0 Å². The molecule has 2 nitrogen and oxygen atoms in total. The molecule has 2 aromatic carbocycles. The minimum atomic E-state index is -0.230. The van der Waals surface area contributed by atoms with Crippen molar-refractivity contribution in [2.75, 3.05) is 0 Å². The summed E-state index contributed by atoms with van der Waals surface area (Å²) in [4.78, 5) is 5.17. The monoisotopic (exact) mass is 366 g/mol. The molecule has 1 N–H and O–H groups in total. The number of nitrogens with one attached hydrogen (secondary N) is 1. The van der Waals surface area contributed by atoms with E-state index in [0.717, 1.165) is 15.4 Å². The first-order valence-corrected chi connectivity index (χ1v) is 8.55. The third-order valence-corrected chi connectivity index (χ3v) is 5.05. The van der Waals surface area contributed by atoms with E-state index in [-0.39, 0.29) is 5.82 Å². The summed E-state index contributed by atoms with van der Waals surface area (Å²) in [6, 6.07) is 12.3. The molecule has 0 amide bonds. The summed E-state index contributed by atoms with van der Waals surface area (Å²) in [5, 5.41) is 5.29. The van der Waals surface area contributed by atoms with E-state index in [1.54, 1.807) is 24.4 Å². The summed E-state index contributed by atoms with van der Waals surface area (Å²) < 4.78 is 13.8. The van der Waals surface area contributed by atoms with Crippen molar-refractivity contribution in [1.29, 1.82) is 0 Å². The average molecular weight is 367 g/mol. The van der Waals surface area contributed by atoms with E-state index < -0.39 is 0 Å². The van der Waals surface area contributed by atoms with Crippen LogP contribution in [0.1, 0.15) is 10.6 Å². The minimum absolute atomic E-state index is 0.230. The van der Waals surface area contributed by atoms with Gasteiger partial charge in [-0.25, -0.2) is 9.37 Å². The van der Waals surface area contributed by atoms with Gasteiger partial charge in [-0.05, 0) is 23.8 Å². The maximum Gasteiger partial charge on any atom is 0.131 e. The summed E-state index contributed by atoms with van der Waals surface area (Å²) in [6.45, 7) is 1.27. The Labute approximate surface area is 147 Å². The molecular weight excluding hydrogens is 354 g/mol. The molecule has 23 heavy (non-hydrogen) atoms. The van der Waals surface area contributed by atoms with Crippen LogP contribution in [0.5, 0.6) is 0 Å². The van der Waals surface area contributed by atoms with Crippen molar-refractivity contribution in [2.24, 2.45) is 0 Å². The molecule has 0 radical (unpaired) electrons. The highest BCUT2D eigenvalue weighted by Gasteiger charge is 2.08. The molecule has 0 bridgehead atoms. The topological polar surface area (TPSA) is 24.9 Å². The fraction of sp³-hybridized carbons (Fsp3) is 0.118. The molecule has 0 aliphatic carbocycles. The summed E-state index contributed by atoms with van der Waals surface area (Å²) in [5.74, 6) is -0.230. The second-order valence-electron chi connectivity index (χ2n) is 4.95. The van der Waals surface area contributed by atoms with Crippen LogP contribution < -0.4 is 5.32 Å². The molecule has 0 spiro atoms. The number of hydrogen-bond donors (Lipinski definition) is 1. The van der Waals surface area contributed by atoms with E-state index in [9.17, 15) is 4.39 Å². The van der Waals surface area contributed by atoms with Gasteiger partial charge in [-0.2, -0.15) is 0 Å². The normalized spacial score (nSPS) is 10.9.